The number of hydrogen-bond donors (Lipinski definition) is 1. The second-order valence-electron chi connectivity index (χ2n) is 5.43. The number of hydrogen-bond acceptors (Lipinski definition) is 3. The maximum absolute atomic E-state index is 9.29. The first-order chi connectivity index (χ1) is 8.40. The Bertz CT molecular complexity index is 532. The molecule has 1 aromatic rings. The summed E-state index contributed by atoms with van der Waals surface area (Å²) in [7, 11) is 2.12. The lowest BCUT2D eigenvalue weighted by atomic mass is 9.84. The number of benzene rings is 1. The molecule has 1 N–H and O–H groups in total. The van der Waals surface area contributed by atoms with Crippen molar-refractivity contribution in [1.29, 1.82) is 0 Å². The minimum atomic E-state index is 0.364. The number of rotatable bonds is 0. The average Bonchev–Trinajstić information content (AvgIpc) is 2.36. The van der Waals surface area contributed by atoms with Gasteiger partial charge in [0.2, 0.25) is 0 Å². The van der Waals surface area contributed by atoms with Gasteiger partial charge in [0.1, 0.15) is 0 Å². The molecule has 0 fully saturated rings. The lowest BCUT2D eigenvalue weighted by Crippen LogP contribution is -2.38. The molecule has 0 aromatic heterocycles. The van der Waals surface area contributed by atoms with E-state index in [0.717, 1.165) is 17.7 Å². The van der Waals surface area contributed by atoms with Crippen molar-refractivity contribution in [2.45, 2.75) is 47.1 Å². The first-order valence-corrected chi connectivity index (χ1v) is 6.44. The third-order valence-corrected chi connectivity index (χ3v) is 4.57. The summed E-state index contributed by atoms with van der Waals surface area (Å²) in [6.45, 7) is 10.8. The quantitative estimate of drug-likeness (QED) is 0.563. The van der Waals surface area contributed by atoms with Crippen molar-refractivity contribution in [3.8, 4) is 0 Å². The molecular formula is C15H22N2O. The third-order valence-electron chi connectivity index (χ3n) is 4.57. The van der Waals surface area contributed by atoms with Crippen LogP contribution in [0.4, 0.5) is 5.69 Å². The van der Waals surface area contributed by atoms with Gasteiger partial charge in [0, 0.05) is 30.8 Å². The molecule has 0 amide bonds. The summed E-state index contributed by atoms with van der Waals surface area (Å²) in [5, 5.41) is 12.8. The fraction of sp³-hybridized carbons (Fsp3) is 0.533. The molecule has 18 heavy (non-hydrogen) atoms. The van der Waals surface area contributed by atoms with Crippen molar-refractivity contribution in [2.24, 2.45) is 5.16 Å². The lowest BCUT2D eigenvalue weighted by molar-refractivity contribution is 0.317. The van der Waals surface area contributed by atoms with E-state index in [4.69, 9.17) is 0 Å². The number of anilines is 1. The van der Waals surface area contributed by atoms with Crippen molar-refractivity contribution in [2.75, 3.05) is 11.9 Å². The molecule has 1 aromatic carbocycles. The van der Waals surface area contributed by atoms with Gasteiger partial charge < -0.3 is 10.1 Å². The van der Waals surface area contributed by atoms with Crippen LogP contribution in [0.5, 0.6) is 0 Å². The first kappa shape index (κ1) is 12.9. The maximum atomic E-state index is 9.29. The van der Waals surface area contributed by atoms with Crippen molar-refractivity contribution in [1.82, 2.24) is 0 Å². The number of fused-ring (bicyclic) bond motifs is 1. The summed E-state index contributed by atoms with van der Waals surface area (Å²) >= 11 is 0. The van der Waals surface area contributed by atoms with E-state index in [1.807, 2.05) is 0 Å². The summed E-state index contributed by atoms with van der Waals surface area (Å²) in [4.78, 5) is 2.30. The molecule has 1 atom stereocenters. The van der Waals surface area contributed by atoms with Gasteiger partial charge in [-0.3, -0.25) is 0 Å². The van der Waals surface area contributed by atoms with E-state index >= 15 is 0 Å². The normalized spacial score (nSPS) is 21.3. The van der Waals surface area contributed by atoms with E-state index in [9.17, 15) is 5.21 Å². The third kappa shape index (κ3) is 1.61. The van der Waals surface area contributed by atoms with Gasteiger partial charge in [0.05, 0.1) is 5.71 Å². The van der Waals surface area contributed by atoms with E-state index in [-0.39, 0.29) is 0 Å². The SMILES string of the molecule is Cc1c(C)c(C)c2c(c1C)/C(=N\O)CC(C)N2C. The molecule has 3 nitrogen and oxygen atoms in total. The predicted octanol–water partition coefficient (Wildman–Crippen LogP) is 3.33. The summed E-state index contributed by atoms with van der Waals surface area (Å²) in [6, 6.07) is 0.364. The minimum absolute atomic E-state index is 0.364. The largest absolute Gasteiger partial charge is 0.411 e. The van der Waals surface area contributed by atoms with Crippen LogP contribution >= 0.6 is 0 Å². The Labute approximate surface area is 109 Å². The van der Waals surface area contributed by atoms with Crippen molar-refractivity contribution < 1.29 is 5.21 Å². The summed E-state index contributed by atoms with van der Waals surface area (Å²) in [6.07, 6.45) is 0.794. The van der Waals surface area contributed by atoms with Crippen LogP contribution < -0.4 is 4.90 Å². The van der Waals surface area contributed by atoms with Crippen molar-refractivity contribution in [3.05, 3.63) is 27.8 Å². The molecule has 0 aliphatic carbocycles. The highest BCUT2D eigenvalue weighted by atomic mass is 16.4. The van der Waals surface area contributed by atoms with Gasteiger partial charge in [-0.2, -0.15) is 0 Å². The average molecular weight is 246 g/mol. The van der Waals surface area contributed by atoms with Crippen LogP contribution in [0.15, 0.2) is 5.16 Å². The highest BCUT2D eigenvalue weighted by molar-refractivity contribution is 6.09. The molecule has 98 valence electrons. The van der Waals surface area contributed by atoms with Crippen LogP contribution in [0.1, 0.15) is 41.2 Å². The summed E-state index contributed by atoms with van der Waals surface area (Å²) < 4.78 is 0. The lowest BCUT2D eigenvalue weighted by Gasteiger charge is -2.37. The smallest absolute Gasteiger partial charge is 0.0911 e. The molecule has 1 heterocycles. The van der Waals surface area contributed by atoms with Crippen LogP contribution in [-0.4, -0.2) is 24.0 Å². The Morgan fingerprint density at radius 3 is 2.17 bits per heavy atom. The molecule has 2 rings (SSSR count). The van der Waals surface area contributed by atoms with E-state index in [0.29, 0.717) is 6.04 Å². The maximum Gasteiger partial charge on any atom is 0.0911 e. The number of oxime groups is 1. The van der Waals surface area contributed by atoms with Crippen molar-refractivity contribution in [3.63, 3.8) is 0 Å². The van der Waals surface area contributed by atoms with Crippen LogP contribution in [0, 0.1) is 27.7 Å². The fourth-order valence-corrected chi connectivity index (χ4v) is 2.92. The van der Waals surface area contributed by atoms with Crippen molar-refractivity contribution >= 4 is 11.4 Å². The van der Waals surface area contributed by atoms with Crippen LogP contribution in [0.25, 0.3) is 0 Å². The van der Waals surface area contributed by atoms with Gasteiger partial charge in [0.15, 0.2) is 0 Å². The minimum Gasteiger partial charge on any atom is -0.411 e. The Kier molecular flexibility index (Phi) is 3.09. The van der Waals surface area contributed by atoms with Gasteiger partial charge in [-0.15, -0.1) is 0 Å². The molecular weight excluding hydrogens is 224 g/mol. The van der Waals surface area contributed by atoms with E-state index in [1.165, 1.54) is 27.9 Å². The highest BCUT2D eigenvalue weighted by Gasteiger charge is 2.29. The second kappa shape index (κ2) is 4.30. The fourth-order valence-electron chi connectivity index (χ4n) is 2.92. The zero-order valence-corrected chi connectivity index (χ0v) is 12.1. The van der Waals surface area contributed by atoms with Gasteiger partial charge in [0.25, 0.3) is 0 Å². The van der Waals surface area contributed by atoms with Gasteiger partial charge in [-0.25, -0.2) is 0 Å². The Morgan fingerprint density at radius 1 is 1.06 bits per heavy atom. The zero-order valence-electron chi connectivity index (χ0n) is 12.1. The monoisotopic (exact) mass is 246 g/mol. The molecule has 0 radical (unpaired) electrons. The van der Waals surface area contributed by atoms with Gasteiger partial charge in [-0.05, 0) is 56.9 Å². The molecule has 1 aliphatic heterocycles. The highest BCUT2D eigenvalue weighted by Crippen LogP contribution is 2.38. The summed E-state index contributed by atoms with van der Waals surface area (Å²) in [5.74, 6) is 0. The Hall–Kier alpha value is -1.51. The summed E-state index contributed by atoms with van der Waals surface area (Å²) in [5.41, 5.74) is 8.34. The molecule has 3 heteroatoms. The van der Waals surface area contributed by atoms with E-state index in [2.05, 4.69) is 51.7 Å². The molecule has 0 spiro atoms. The van der Waals surface area contributed by atoms with Crippen LogP contribution in [0.2, 0.25) is 0 Å². The first-order valence-electron chi connectivity index (χ1n) is 6.44. The molecule has 0 saturated heterocycles. The molecule has 0 bridgehead atoms. The standard InChI is InChI=1S/C15H22N2O/c1-8-7-13(16-18)14-11(4)9(2)10(3)12(5)15(14)17(8)6/h8,18H,7H2,1-6H3/b16-13-. The van der Waals surface area contributed by atoms with E-state index in [1.54, 1.807) is 0 Å². The Morgan fingerprint density at radius 2 is 1.61 bits per heavy atom. The second-order valence-corrected chi connectivity index (χ2v) is 5.43. The van der Waals surface area contributed by atoms with Gasteiger partial charge >= 0.3 is 0 Å². The molecule has 1 unspecified atom stereocenters. The van der Waals surface area contributed by atoms with Gasteiger partial charge in [-0.1, -0.05) is 5.16 Å². The topological polar surface area (TPSA) is 35.8 Å². The zero-order chi connectivity index (χ0) is 13.6. The molecule has 0 saturated carbocycles. The molecule has 1 aliphatic rings. The number of nitrogens with zero attached hydrogens (tertiary/aromatic N) is 2. The van der Waals surface area contributed by atoms with Crippen LogP contribution in [0.3, 0.4) is 0 Å². The van der Waals surface area contributed by atoms with E-state index < -0.39 is 0 Å². The van der Waals surface area contributed by atoms with Crippen LogP contribution in [-0.2, 0) is 0 Å². The Balaban J connectivity index is 2.85. The predicted molar refractivity (Wildman–Crippen MR) is 76.2 cm³/mol.